The predicted octanol–water partition coefficient (Wildman–Crippen LogP) is 3.95. The van der Waals surface area contributed by atoms with Crippen LogP contribution in [0.5, 0.6) is 5.75 Å². The van der Waals surface area contributed by atoms with E-state index in [1.54, 1.807) is 7.11 Å². The van der Waals surface area contributed by atoms with Gasteiger partial charge in [-0.2, -0.15) is 0 Å². The Labute approximate surface area is 129 Å². The lowest BCUT2D eigenvalue weighted by atomic mass is 10.0. The van der Waals surface area contributed by atoms with E-state index in [2.05, 4.69) is 5.32 Å². The molecule has 0 aliphatic heterocycles. The van der Waals surface area contributed by atoms with Crippen molar-refractivity contribution in [3.05, 3.63) is 51.7 Å². The van der Waals surface area contributed by atoms with Crippen LogP contribution in [-0.2, 0) is 0 Å². The third-order valence-electron chi connectivity index (χ3n) is 3.82. The lowest BCUT2D eigenvalue weighted by Crippen LogP contribution is -2.29. The molecule has 0 saturated heterocycles. The van der Waals surface area contributed by atoms with Gasteiger partial charge in [-0.15, -0.1) is 11.3 Å². The van der Waals surface area contributed by atoms with Gasteiger partial charge in [-0.05, 0) is 55.5 Å². The van der Waals surface area contributed by atoms with Crippen LogP contribution in [0.25, 0.3) is 0 Å². The lowest BCUT2D eigenvalue weighted by Gasteiger charge is -2.18. The van der Waals surface area contributed by atoms with Crippen LogP contribution in [-0.4, -0.2) is 13.0 Å². The fourth-order valence-electron chi connectivity index (χ4n) is 2.48. The first-order chi connectivity index (χ1) is 10.2. The van der Waals surface area contributed by atoms with Crippen LogP contribution in [0.15, 0.2) is 36.4 Å². The lowest BCUT2D eigenvalue weighted by molar-refractivity contribution is 0.0936. The second-order valence-electron chi connectivity index (χ2n) is 5.47. The Balaban J connectivity index is 1.76. The summed E-state index contributed by atoms with van der Waals surface area (Å²) in [6.45, 7) is 2.02. The highest BCUT2D eigenvalue weighted by molar-refractivity contribution is 7.13. The highest BCUT2D eigenvalue weighted by Gasteiger charge is 2.33. The van der Waals surface area contributed by atoms with E-state index in [-0.39, 0.29) is 11.9 Å². The Kier molecular flexibility index (Phi) is 3.97. The standard InChI is InChI=1S/C17H19NO2S/c1-11-3-10-15(21-11)17(19)18-16(12-4-5-12)13-6-8-14(20-2)9-7-13/h3,6-10,12,16H,4-5H2,1-2H3,(H,18,19)/t16-/m1/s1. The van der Waals surface area contributed by atoms with Gasteiger partial charge in [-0.1, -0.05) is 12.1 Å². The molecule has 1 aliphatic carbocycles. The molecule has 1 fully saturated rings. The number of carbonyl (C=O) groups excluding carboxylic acids is 1. The van der Waals surface area contributed by atoms with Gasteiger partial charge in [-0.3, -0.25) is 4.79 Å². The molecule has 4 heteroatoms. The fraction of sp³-hybridized carbons (Fsp3) is 0.353. The molecular weight excluding hydrogens is 282 g/mol. The average molecular weight is 301 g/mol. The second-order valence-corrected chi connectivity index (χ2v) is 6.76. The van der Waals surface area contributed by atoms with Gasteiger partial charge in [0.1, 0.15) is 5.75 Å². The number of thiophene rings is 1. The van der Waals surface area contributed by atoms with Crippen molar-refractivity contribution < 1.29 is 9.53 Å². The molecule has 1 N–H and O–H groups in total. The maximum atomic E-state index is 12.4. The molecule has 1 atom stereocenters. The Morgan fingerprint density at radius 3 is 2.48 bits per heavy atom. The van der Waals surface area contributed by atoms with Crippen LogP contribution in [0, 0.1) is 12.8 Å². The number of nitrogens with one attached hydrogen (secondary N) is 1. The van der Waals surface area contributed by atoms with Gasteiger partial charge >= 0.3 is 0 Å². The minimum Gasteiger partial charge on any atom is -0.497 e. The van der Waals surface area contributed by atoms with Crippen LogP contribution in [0.2, 0.25) is 0 Å². The molecule has 1 aromatic carbocycles. The maximum absolute atomic E-state index is 12.4. The summed E-state index contributed by atoms with van der Waals surface area (Å²) in [6.07, 6.45) is 2.36. The zero-order valence-electron chi connectivity index (χ0n) is 12.3. The monoisotopic (exact) mass is 301 g/mol. The van der Waals surface area contributed by atoms with E-state index in [0.29, 0.717) is 5.92 Å². The molecule has 21 heavy (non-hydrogen) atoms. The Bertz CT molecular complexity index is 628. The number of hydrogen-bond acceptors (Lipinski definition) is 3. The molecule has 0 spiro atoms. The van der Waals surface area contributed by atoms with Crippen molar-refractivity contribution in [2.75, 3.05) is 7.11 Å². The fourth-order valence-corrected chi connectivity index (χ4v) is 3.25. The summed E-state index contributed by atoms with van der Waals surface area (Å²) >= 11 is 1.54. The molecule has 1 amide bonds. The van der Waals surface area contributed by atoms with Crippen LogP contribution in [0.4, 0.5) is 0 Å². The van der Waals surface area contributed by atoms with Gasteiger partial charge in [0.25, 0.3) is 5.91 Å². The van der Waals surface area contributed by atoms with Crippen molar-refractivity contribution in [1.29, 1.82) is 0 Å². The zero-order valence-corrected chi connectivity index (χ0v) is 13.1. The van der Waals surface area contributed by atoms with Gasteiger partial charge < -0.3 is 10.1 Å². The summed E-state index contributed by atoms with van der Waals surface area (Å²) in [6, 6.07) is 12.0. The largest absolute Gasteiger partial charge is 0.497 e. The number of ether oxygens (including phenoxy) is 1. The minimum atomic E-state index is 0.0285. The van der Waals surface area contributed by atoms with Crippen molar-refractivity contribution in [1.82, 2.24) is 5.32 Å². The first kappa shape index (κ1) is 14.1. The molecule has 1 aromatic heterocycles. The zero-order chi connectivity index (χ0) is 14.8. The van der Waals surface area contributed by atoms with E-state index in [0.717, 1.165) is 21.1 Å². The summed E-state index contributed by atoms with van der Waals surface area (Å²) < 4.78 is 5.19. The number of aryl methyl sites for hydroxylation is 1. The summed E-state index contributed by atoms with van der Waals surface area (Å²) in [5.74, 6) is 1.43. The van der Waals surface area contributed by atoms with Crippen LogP contribution < -0.4 is 10.1 Å². The highest BCUT2D eigenvalue weighted by Crippen LogP contribution is 2.41. The molecule has 110 valence electrons. The summed E-state index contributed by atoms with van der Waals surface area (Å²) in [5.41, 5.74) is 1.15. The number of benzene rings is 1. The number of amides is 1. The van der Waals surface area contributed by atoms with Crippen molar-refractivity contribution in [2.24, 2.45) is 5.92 Å². The number of hydrogen-bond donors (Lipinski definition) is 1. The third kappa shape index (κ3) is 3.27. The van der Waals surface area contributed by atoms with Gasteiger partial charge in [0.05, 0.1) is 18.0 Å². The number of carbonyl (C=O) groups is 1. The van der Waals surface area contributed by atoms with E-state index in [4.69, 9.17) is 4.74 Å². The molecule has 1 aliphatic rings. The van der Waals surface area contributed by atoms with Gasteiger partial charge in [-0.25, -0.2) is 0 Å². The van der Waals surface area contributed by atoms with Crippen molar-refractivity contribution in [3.63, 3.8) is 0 Å². The van der Waals surface area contributed by atoms with E-state index in [9.17, 15) is 4.79 Å². The molecule has 0 radical (unpaired) electrons. The number of rotatable bonds is 5. The van der Waals surface area contributed by atoms with Gasteiger partial charge in [0.15, 0.2) is 0 Å². The van der Waals surface area contributed by atoms with Gasteiger partial charge in [0, 0.05) is 4.88 Å². The molecule has 3 rings (SSSR count). The quantitative estimate of drug-likeness (QED) is 0.908. The molecule has 0 bridgehead atoms. The van der Waals surface area contributed by atoms with Crippen LogP contribution >= 0.6 is 11.3 Å². The maximum Gasteiger partial charge on any atom is 0.261 e. The molecular formula is C17H19NO2S. The molecule has 1 heterocycles. The van der Waals surface area contributed by atoms with E-state index in [1.165, 1.54) is 24.2 Å². The molecule has 3 nitrogen and oxygen atoms in total. The van der Waals surface area contributed by atoms with E-state index < -0.39 is 0 Å². The normalized spacial score (nSPS) is 15.5. The Morgan fingerprint density at radius 1 is 1.24 bits per heavy atom. The summed E-state index contributed by atoms with van der Waals surface area (Å²) in [7, 11) is 1.66. The third-order valence-corrected chi connectivity index (χ3v) is 4.82. The second kappa shape index (κ2) is 5.90. The van der Waals surface area contributed by atoms with Crippen LogP contribution in [0.3, 0.4) is 0 Å². The minimum absolute atomic E-state index is 0.0285. The summed E-state index contributed by atoms with van der Waals surface area (Å²) in [4.78, 5) is 14.3. The topological polar surface area (TPSA) is 38.3 Å². The predicted molar refractivity (Wildman–Crippen MR) is 85.0 cm³/mol. The first-order valence-electron chi connectivity index (χ1n) is 7.18. The van der Waals surface area contributed by atoms with E-state index >= 15 is 0 Å². The Morgan fingerprint density at radius 2 is 1.95 bits per heavy atom. The molecule has 0 unspecified atom stereocenters. The Hall–Kier alpha value is -1.81. The van der Waals surface area contributed by atoms with Crippen molar-refractivity contribution >= 4 is 17.2 Å². The average Bonchev–Trinajstić information content (AvgIpc) is 3.25. The number of methoxy groups -OCH3 is 1. The van der Waals surface area contributed by atoms with Crippen molar-refractivity contribution in [2.45, 2.75) is 25.8 Å². The van der Waals surface area contributed by atoms with Crippen LogP contribution in [0.1, 0.15) is 39.0 Å². The van der Waals surface area contributed by atoms with Gasteiger partial charge in [0.2, 0.25) is 0 Å². The van der Waals surface area contributed by atoms with E-state index in [1.807, 2.05) is 43.3 Å². The SMILES string of the molecule is COc1ccc([C@H](NC(=O)c2ccc(C)s2)C2CC2)cc1. The summed E-state index contributed by atoms with van der Waals surface area (Å²) in [5, 5.41) is 3.19. The molecule has 2 aromatic rings. The first-order valence-corrected chi connectivity index (χ1v) is 8.00. The highest BCUT2D eigenvalue weighted by atomic mass is 32.1. The van der Waals surface area contributed by atoms with Crippen molar-refractivity contribution in [3.8, 4) is 5.75 Å². The smallest absolute Gasteiger partial charge is 0.261 e. The molecule has 1 saturated carbocycles.